The molecule has 16 nitrogen and oxygen atoms in total. The Morgan fingerprint density at radius 3 is 1.88 bits per heavy atom. The van der Waals surface area contributed by atoms with Crippen molar-refractivity contribution in [2.24, 2.45) is 5.73 Å². The van der Waals surface area contributed by atoms with E-state index in [1.807, 2.05) is 0 Å². The summed E-state index contributed by atoms with van der Waals surface area (Å²) in [7, 11) is 0. The maximum absolute atomic E-state index is 14.2. The van der Waals surface area contributed by atoms with Gasteiger partial charge in [0.05, 0.1) is 5.37 Å². The van der Waals surface area contributed by atoms with Crippen molar-refractivity contribution in [2.45, 2.75) is 84.2 Å². The van der Waals surface area contributed by atoms with Crippen LogP contribution in [0.25, 0.3) is 0 Å². The lowest BCUT2D eigenvalue weighted by molar-refractivity contribution is -0.161. The maximum Gasteiger partial charge on any atom is 0.327 e. The molecule has 3 saturated heterocycles. The van der Waals surface area contributed by atoms with Gasteiger partial charge in [0.15, 0.2) is 0 Å². The Kier molecular flexibility index (Phi) is 10.0. The first-order chi connectivity index (χ1) is 23.3. The topological polar surface area (TPSA) is 261 Å². The minimum absolute atomic E-state index is 0.0566. The highest BCUT2D eigenvalue weighted by Crippen LogP contribution is 2.51. The van der Waals surface area contributed by atoms with Crippen LogP contribution in [0.5, 0.6) is 11.5 Å². The maximum atomic E-state index is 14.2. The first-order valence-corrected chi connectivity index (χ1v) is 17.2. The van der Waals surface area contributed by atoms with E-state index in [1.165, 1.54) is 65.2 Å². The molecule has 0 spiro atoms. The summed E-state index contributed by atoms with van der Waals surface area (Å²) in [5.41, 5.74) is 6.70. The van der Waals surface area contributed by atoms with E-state index in [4.69, 9.17) is 5.73 Å². The molecule has 18 heteroatoms. The van der Waals surface area contributed by atoms with E-state index in [1.54, 1.807) is 27.7 Å². The van der Waals surface area contributed by atoms with Crippen LogP contribution in [0.2, 0.25) is 0 Å². The number of aliphatic carboxylic acids is 2. The monoisotopic (exact) mass is 730 g/mol. The van der Waals surface area contributed by atoms with Crippen molar-refractivity contribution < 1.29 is 49.2 Å². The molecule has 0 saturated carbocycles. The van der Waals surface area contributed by atoms with Crippen LogP contribution >= 0.6 is 23.5 Å². The molecule has 0 unspecified atom stereocenters. The van der Waals surface area contributed by atoms with Crippen molar-refractivity contribution in [1.29, 1.82) is 0 Å². The number of benzene rings is 2. The number of rotatable bonds is 11. The second kappa shape index (κ2) is 13.7. The van der Waals surface area contributed by atoms with Crippen LogP contribution in [0.15, 0.2) is 48.5 Å². The average Bonchev–Trinajstić information content (AvgIpc) is 3.51. The number of hydrogen-bond donors (Lipinski definition) is 9. The highest BCUT2D eigenvalue weighted by molar-refractivity contribution is 8.02. The Balaban J connectivity index is 1.42. The van der Waals surface area contributed by atoms with Gasteiger partial charge in [0.25, 0.3) is 0 Å². The number of fused-ring (bicyclic) bond motifs is 1. The number of nitrogens with two attached hydrogens (primary N) is 1. The summed E-state index contributed by atoms with van der Waals surface area (Å²) in [6.07, 6.45) is 0. The Morgan fingerprint density at radius 2 is 1.36 bits per heavy atom. The average molecular weight is 731 g/mol. The molecule has 0 radical (unpaired) electrons. The van der Waals surface area contributed by atoms with Gasteiger partial charge >= 0.3 is 11.9 Å². The summed E-state index contributed by atoms with van der Waals surface area (Å²) in [5, 5.41) is 48.2. The zero-order chi connectivity index (χ0) is 36.9. The normalized spacial score (nSPS) is 26.5. The zero-order valence-corrected chi connectivity index (χ0v) is 29.0. The largest absolute Gasteiger partial charge is 0.508 e. The van der Waals surface area contributed by atoms with Crippen molar-refractivity contribution >= 4 is 59.1 Å². The second-order valence-electron chi connectivity index (χ2n) is 13.3. The second-order valence-corrected chi connectivity index (χ2v) is 16.8. The van der Waals surface area contributed by atoms with Gasteiger partial charge in [-0.15, -0.1) is 23.5 Å². The molecule has 5 rings (SSSR count). The standard InChI is InChI=1S/C32H38N6O10S2/c1-31(2)21(29(45)46)37-26(49-31)19(35-23(41)17(33)13-5-9-15(39)10-6-13)25(43)34-18(14-7-11-16(40)12-8-14)24(42)36-20-27(44)38-22(30(47)48)32(3,4)50-28(20)38/h5-12,17-22,26,28,37,39-40H,33H2,1-4H3,(H,34,43)(H,35,41)(H,36,42)(H,45,46)(H,47,48)/t17-,18-,19-,20-,21+,22+,26-,28-/m1/s1. The quantitative estimate of drug-likeness (QED) is 0.138. The van der Waals surface area contributed by atoms with Gasteiger partial charge in [0.1, 0.15) is 53.1 Å². The predicted molar refractivity (Wildman–Crippen MR) is 182 cm³/mol. The smallest absolute Gasteiger partial charge is 0.327 e. The third-order valence-electron chi connectivity index (χ3n) is 8.87. The Morgan fingerprint density at radius 1 is 0.800 bits per heavy atom. The van der Waals surface area contributed by atoms with Crippen molar-refractivity contribution in [2.75, 3.05) is 0 Å². The van der Waals surface area contributed by atoms with E-state index in [-0.39, 0.29) is 17.1 Å². The SMILES string of the molecule is CC1(C)S[C@@H]2[C@H](NC(=O)[C@H](NC(=O)[C@@H](NC(=O)[C@H](N)c3ccc(O)cc3)[C@@H]3N[C@@H](C(=O)O)C(C)(C)S3)c3ccc(O)cc3)C(=O)N2[C@H]1C(=O)O. The molecular formula is C32H38N6O10S2. The van der Waals surface area contributed by atoms with Crippen molar-refractivity contribution in [3.8, 4) is 11.5 Å². The molecule has 0 aromatic heterocycles. The summed E-state index contributed by atoms with van der Waals surface area (Å²) >= 11 is 2.31. The van der Waals surface area contributed by atoms with Gasteiger partial charge in [-0.05, 0) is 63.1 Å². The van der Waals surface area contributed by atoms with E-state index < -0.39 is 92.1 Å². The zero-order valence-electron chi connectivity index (χ0n) is 27.3. The first kappa shape index (κ1) is 36.8. The number of carbonyl (C=O) groups is 6. The number of nitrogens with one attached hydrogen (secondary N) is 4. The summed E-state index contributed by atoms with van der Waals surface area (Å²) in [6.45, 7) is 6.69. The van der Waals surface area contributed by atoms with E-state index in [2.05, 4.69) is 21.3 Å². The van der Waals surface area contributed by atoms with Crippen LogP contribution < -0.4 is 27.0 Å². The van der Waals surface area contributed by atoms with Gasteiger partial charge in [-0.3, -0.25) is 29.3 Å². The fourth-order valence-corrected chi connectivity index (χ4v) is 9.38. The summed E-state index contributed by atoms with van der Waals surface area (Å²) in [4.78, 5) is 79.9. The number of phenolic OH excluding ortho intramolecular Hbond substituents is 2. The molecule has 3 aliphatic heterocycles. The summed E-state index contributed by atoms with van der Waals surface area (Å²) in [6, 6.07) is 3.24. The summed E-state index contributed by atoms with van der Waals surface area (Å²) in [5.74, 6) is -5.70. The van der Waals surface area contributed by atoms with Crippen LogP contribution in [-0.2, 0) is 28.8 Å². The van der Waals surface area contributed by atoms with Gasteiger partial charge in [0, 0.05) is 9.49 Å². The number of phenols is 2. The molecule has 3 heterocycles. The first-order valence-electron chi connectivity index (χ1n) is 15.5. The highest BCUT2D eigenvalue weighted by Gasteiger charge is 2.64. The Bertz CT molecular complexity index is 1710. The van der Waals surface area contributed by atoms with Gasteiger partial charge < -0.3 is 47.0 Å². The number of thioether (sulfide) groups is 2. The number of β-lactam (4-membered cyclic amide) rings is 1. The minimum Gasteiger partial charge on any atom is -0.508 e. The molecule has 3 fully saturated rings. The Labute approximate surface area is 294 Å². The van der Waals surface area contributed by atoms with E-state index in [9.17, 15) is 49.2 Å². The lowest BCUT2D eigenvalue weighted by atomic mass is 9.95. The lowest BCUT2D eigenvalue weighted by Crippen LogP contribution is -2.71. The van der Waals surface area contributed by atoms with Crippen LogP contribution in [0.3, 0.4) is 0 Å². The van der Waals surface area contributed by atoms with Crippen molar-refractivity contribution in [3.63, 3.8) is 0 Å². The number of aromatic hydroxyl groups is 2. The van der Waals surface area contributed by atoms with Crippen LogP contribution in [0.1, 0.15) is 50.9 Å². The molecule has 3 aliphatic rings. The summed E-state index contributed by atoms with van der Waals surface area (Å²) < 4.78 is -1.79. The third-order valence-corrected chi connectivity index (χ3v) is 11.9. The van der Waals surface area contributed by atoms with Crippen LogP contribution in [0.4, 0.5) is 0 Å². The van der Waals surface area contributed by atoms with Crippen molar-refractivity contribution in [3.05, 3.63) is 59.7 Å². The molecule has 10 N–H and O–H groups in total. The number of hydrogen-bond acceptors (Lipinski definition) is 12. The molecule has 8 atom stereocenters. The minimum atomic E-state index is -1.49. The third kappa shape index (κ3) is 7.05. The van der Waals surface area contributed by atoms with Crippen LogP contribution in [0, 0.1) is 0 Å². The van der Waals surface area contributed by atoms with E-state index in [0.717, 1.165) is 11.8 Å². The Hall–Kier alpha value is -4.52. The van der Waals surface area contributed by atoms with Gasteiger partial charge in [-0.2, -0.15) is 0 Å². The fraction of sp³-hybridized carbons (Fsp3) is 0.438. The number of carbonyl (C=O) groups excluding carboxylic acids is 4. The van der Waals surface area contributed by atoms with Gasteiger partial charge in [-0.25, -0.2) is 4.79 Å². The molecular weight excluding hydrogens is 693 g/mol. The van der Waals surface area contributed by atoms with Gasteiger partial charge in [-0.1, -0.05) is 24.3 Å². The molecule has 2 aromatic carbocycles. The molecule has 50 heavy (non-hydrogen) atoms. The van der Waals surface area contributed by atoms with Crippen LogP contribution in [-0.4, -0.2) is 105 Å². The molecule has 0 bridgehead atoms. The fourth-order valence-electron chi connectivity index (χ4n) is 6.26. The number of carboxylic acids is 2. The van der Waals surface area contributed by atoms with E-state index >= 15 is 0 Å². The molecule has 0 aliphatic carbocycles. The van der Waals surface area contributed by atoms with Gasteiger partial charge in [0.2, 0.25) is 23.6 Å². The predicted octanol–water partition coefficient (Wildman–Crippen LogP) is -0.0341. The molecule has 2 aromatic rings. The number of amides is 4. The molecule has 268 valence electrons. The lowest BCUT2D eigenvalue weighted by Gasteiger charge is -2.44. The van der Waals surface area contributed by atoms with Crippen molar-refractivity contribution in [1.82, 2.24) is 26.2 Å². The van der Waals surface area contributed by atoms with E-state index in [0.29, 0.717) is 5.56 Å². The highest BCUT2D eigenvalue weighted by atomic mass is 32.2. The number of carboxylic acid groups (broad SMARTS) is 2. The number of nitrogens with zero attached hydrogens (tertiary/aromatic N) is 1. The molecule has 4 amide bonds.